The van der Waals surface area contributed by atoms with Gasteiger partial charge in [-0.1, -0.05) is 0 Å². The summed E-state index contributed by atoms with van der Waals surface area (Å²) >= 11 is 0. The van der Waals surface area contributed by atoms with Crippen molar-refractivity contribution in [3.63, 3.8) is 0 Å². The van der Waals surface area contributed by atoms with Crippen LogP contribution < -0.4 is 20.1 Å². The van der Waals surface area contributed by atoms with Crippen molar-refractivity contribution in [2.24, 2.45) is 0 Å². The highest BCUT2D eigenvalue weighted by Gasteiger charge is 2.30. The van der Waals surface area contributed by atoms with Crippen molar-refractivity contribution in [3.05, 3.63) is 30.1 Å². The Labute approximate surface area is 173 Å². The average Bonchev–Trinajstić information content (AvgIpc) is 3.54. The van der Waals surface area contributed by atoms with Gasteiger partial charge in [-0.2, -0.15) is 5.10 Å². The van der Waals surface area contributed by atoms with E-state index in [-0.39, 0.29) is 6.04 Å². The lowest BCUT2D eigenvalue weighted by Gasteiger charge is -2.28. The van der Waals surface area contributed by atoms with Gasteiger partial charge in [0.2, 0.25) is 0 Å². The summed E-state index contributed by atoms with van der Waals surface area (Å²) in [5, 5.41) is 11.3. The number of imidazole rings is 1. The Balaban J connectivity index is 1.55. The summed E-state index contributed by atoms with van der Waals surface area (Å²) in [4.78, 5) is 9.23. The molecule has 5 rings (SSSR count). The van der Waals surface area contributed by atoms with E-state index in [0.717, 1.165) is 24.3 Å². The van der Waals surface area contributed by atoms with Crippen LogP contribution in [0.25, 0.3) is 17.0 Å². The molecule has 30 heavy (non-hydrogen) atoms. The minimum absolute atomic E-state index is 0.321. The van der Waals surface area contributed by atoms with Gasteiger partial charge >= 0.3 is 0 Å². The summed E-state index contributed by atoms with van der Waals surface area (Å²) in [5.41, 5.74) is 2.93. The minimum atomic E-state index is -0.912. The van der Waals surface area contributed by atoms with Crippen molar-refractivity contribution in [1.82, 2.24) is 24.9 Å². The summed E-state index contributed by atoms with van der Waals surface area (Å²) < 4.78 is 27.1. The molecule has 9 heteroatoms. The number of nitrogens with zero attached hydrogens (tertiary/aromatic N) is 4. The second-order valence-electron chi connectivity index (χ2n) is 7.79. The number of nitrogens with one attached hydrogen (secondary N) is 2. The van der Waals surface area contributed by atoms with Crippen molar-refractivity contribution >= 4 is 11.5 Å². The van der Waals surface area contributed by atoms with Crippen LogP contribution in [0.1, 0.15) is 30.9 Å². The Morgan fingerprint density at radius 1 is 1.17 bits per heavy atom. The van der Waals surface area contributed by atoms with Crippen LogP contribution in [0.5, 0.6) is 11.5 Å². The highest BCUT2D eigenvalue weighted by atomic mass is 19.1. The Morgan fingerprint density at radius 3 is 2.73 bits per heavy atom. The van der Waals surface area contributed by atoms with E-state index >= 15 is 0 Å². The molecule has 3 aromatic rings. The lowest BCUT2D eigenvalue weighted by atomic mass is 10.1. The SMILES string of the molecule is COc1ccc(N[C@H]2CNCC[C@@H]2F)nc1-c1cnc2cc(OC)c(C3CC3)nn12. The maximum atomic E-state index is 14.3. The molecule has 1 aliphatic carbocycles. The van der Waals surface area contributed by atoms with E-state index in [2.05, 4.69) is 15.6 Å². The van der Waals surface area contributed by atoms with Gasteiger partial charge in [0, 0.05) is 18.5 Å². The number of piperidine rings is 1. The normalized spacial score (nSPS) is 21.6. The summed E-state index contributed by atoms with van der Waals surface area (Å²) in [5.74, 6) is 2.37. The summed E-state index contributed by atoms with van der Waals surface area (Å²) in [6.45, 7) is 1.26. The highest BCUT2D eigenvalue weighted by Crippen LogP contribution is 2.43. The van der Waals surface area contributed by atoms with Gasteiger partial charge in [0.05, 0.1) is 26.5 Å². The van der Waals surface area contributed by atoms with Crippen LogP contribution in [0, 0.1) is 0 Å². The van der Waals surface area contributed by atoms with Crippen LogP contribution in [0.4, 0.5) is 10.2 Å². The molecule has 3 aromatic heterocycles. The fourth-order valence-corrected chi connectivity index (χ4v) is 3.91. The van der Waals surface area contributed by atoms with Crippen molar-refractivity contribution in [1.29, 1.82) is 0 Å². The van der Waals surface area contributed by atoms with E-state index in [1.165, 1.54) is 0 Å². The van der Waals surface area contributed by atoms with Gasteiger partial charge < -0.3 is 20.1 Å². The van der Waals surface area contributed by atoms with Crippen molar-refractivity contribution < 1.29 is 13.9 Å². The van der Waals surface area contributed by atoms with Crippen LogP contribution in [-0.4, -0.2) is 59.1 Å². The molecule has 2 N–H and O–H groups in total. The maximum Gasteiger partial charge on any atom is 0.157 e. The van der Waals surface area contributed by atoms with Crippen molar-refractivity contribution in [3.8, 4) is 22.9 Å². The molecule has 2 atom stereocenters. The molecular weight excluding hydrogens is 387 g/mol. The third-order valence-corrected chi connectivity index (χ3v) is 5.72. The number of ether oxygens (including phenoxy) is 2. The van der Waals surface area contributed by atoms with Gasteiger partial charge in [0.1, 0.15) is 40.6 Å². The lowest BCUT2D eigenvalue weighted by Crippen LogP contribution is -2.46. The van der Waals surface area contributed by atoms with E-state index in [4.69, 9.17) is 19.6 Å². The topological polar surface area (TPSA) is 85.6 Å². The molecule has 0 amide bonds. The van der Waals surface area contributed by atoms with Crippen LogP contribution in [0.3, 0.4) is 0 Å². The predicted octanol–water partition coefficient (Wildman–Crippen LogP) is 2.80. The zero-order valence-electron chi connectivity index (χ0n) is 17.1. The van der Waals surface area contributed by atoms with E-state index in [1.54, 1.807) is 31.0 Å². The molecule has 0 radical (unpaired) electrons. The zero-order valence-corrected chi connectivity index (χ0v) is 17.1. The molecule has 2 aliphatic rings. The van der Waals surface area contributed by atoms with Gasteiger partial charge in [-0.3, -0.25) is 0 Å². The van der Waals surface area contributed by atoms with Gasteiger partial charge in [0.25, 0.3) is 0 Å². The van der Waals surface area contributed by atoms with Gasteiger partial charge in [-0.15, -0.1) is 0 Å². The average molecular weight is 412 g/mol. The molecule has 8 nitrogen and oxygen atoms in total. The van der Waals surface area contributed by atoms with Crippen molar-refractivity contribution in [2.75, 3.05) is 32.6 Å². The molecule has 158 valence electrons. The quantitative estimate of drug-likeness (QED) is 0.644. The standard InChI is InChI=1S/C21H25FN6O2/c1-29-16-5-6-18(25-14-10-23-8-7-13(14)22)26-21(16)15-11-24-19-9-17(30-2)20(12-3-4-12)27-28(15)19/h5-6,9,11-14,23H,3-4,7-8,10H2,1-2H3,(H,25,26)/t13-,14-/m0/s1. The van der Waals surface area contributed by atoms with Crippen LogP contribution in [0.15, 0.2) is 24.4 Å². The number of anilines is 1. The fourth-order valence-electron chi connectivity index (χ4n) is 3.91. The van der Waals surface area contributed by atoms with Gasteiger partial charge in [-0.25, -0.2) is 18.9 Å². The Hall–Kier alpha value is -2.94. The first-order valence-electron chi connectivity index (χ1n) is 10.3. The lowest BCUT2D eigenvalue weighted by molar-refractivity contribution is 0.241. The first kappa shape index (κ1) is 19.0. The maximum absolute atomic E-state index is 14.3. The molecule has 0 bridgehead atoms. The molecule has 0 spiro atoms. The van der Waals surface area contributed by atoms with Crippen LogP contribution >= 0.6 is 0 Å². The number of aromatic nitrogens is 4. The van der Waals surface area contributed by atoms with E-state index in [1.807, 2.05) is 12.1 Å². The Bertz CT molecular complexity index is 1070. The smallest absolute Gasteiger partial charge is 0.157 e. The van der Waals surface area contributed by atoms with E-state index < -0.39 is 6.17 Å². The number of methoxy groups -OCH3 is 2. The molecule has 0 unspecified atom stereocenters. The zero-order chi connectivity index (χ0) is 20.7. The van der Waals surface area contributed by atoms with Crippen molar-refractivity contribution in [2.45, 2.75) is 37.4 Å². The molecule has 1 saturated heterocycles. The van der Waals surface area contributed by atoms with Gasteiger partial charge in [-0.05, 0) is 37.9 Å². The number of fused-ring (bicyclic) bond motifs is 1. The Kier molecular flexibility index (Phi) is 4.90. The number of pyridine rings is 1. The highest BCUT2D eigenvalue weighted by molar-refractivity contribution is 5.68. The number of alkyl halides is 1. The second-order valence-corrected chi connectivity index (χ2v) is 7.79. The predicted molar refractivity (Wildman–Crippen MR) is 111 cm³/mol. The third-order valence-electron chi connectivity index (χ3n) is 5.72. The summed E-state index contributed by atoms with van der Waals surface area (Å²) in [6.07, 6.45) is 3.53. The first-order valence-corrected chi connectivity index (χ1v) is 10.3. The number of hydrogen-bond donors (Lipinski definition) is 2. The Morgan fingerprint density at radius 2 is 2.00 bits per heavy atom. The van der Waals surface area contributed by atoms with Gasteiger partial charge in [0.15, 0.2) is 5.65 Å². The second kappa shape index (κ2) is 7.71. The summed E-state index contributed by atoms with van der Waals surface area (Å²) in [7, 11) is 3.26. The molecule has 0 aromatic carbocycles. The number of rotatable bonds is 6. The van der Waals surface area contributed by atoms with E-state index in [9.17, 15) is 4.39 Å². The minimum Gasteiger partial charge on any atom is -0.495 e. The van der Waals surface area contributed by atoms with Crippen LogP contribution in [0.2, 0.25) is 0 Å². The molecule has 1 saturated carbocycles. The summed E-state index contributed by atoms with van der Waals surface area (Å²) in [6, 6.07) is 5.22. The largest absolute Gasteiger partial charge is 0.495 e. The molecule has 4 heterocycles. The number of halogens is 1. The molecule has 2 fully saturated rings. The number of hydrogen-bond acceptors (Lipinski definition) is 7. The molecule has 1 aliphatic heterocycles. The van der Waals surface area contributed by atoms with Crippen LogP contribution in [-0.2, 0) is 0 Å². The fraction of sp³-hybridized carbons (Fsp3) is 0.476. The van der Waals surface area contributed by atoms with E-state index in [0.29, 0.717) is 54.0 Å². The monoisotopic (exact) mass is 412 g/mol. The molecular formula is C21H25FN6O2. The first-order chi connectivity index (χ1) is 14.7. The third kappa shape index (κ3) is 3.43.